The van der Waals surface area contributed by atoms with Crippen molar-refractivity contribution in [1.29, 1.82) is 0 Å². The number of hydrogen-bond donors (Lipinski definition) is 1. The van der Waals surface area contributed by atoms with Gasteiger partial charge in [0.15, 0.2) is 5.96 Å². The molecule has 7 heteroatoms. The van der Waals surface area contributed by atoms with E-state index in [0.29, 0.717) is 19.1 Å². The Hall–Kier alpha value is -0.570. The summed E-state index contributed by atoms with van der Waals surface area (Å²) < 4.78 is 10.7. The molecular formula is C17H34IN3O3. The van der Waals surface area contributed by atoms with Crippen LogP contribution in [-0.4, -0.2) is 63.3 Å². The highest BCUT2D eigenvalue weighted by molar-refractivity contribution is 14.0. The van der Waals surface area contributed by atoms with E-state index in [1.54, 1.807) is 7.05 Å². The summed E-state index contributed by atoms with van der Waals surface area (Å²) in [5, 5.41) is 3.33. The van der Waals surface area contributed by atoms with Crippen LogP contribution in [-0.2, 0) is 14.3 Å². The molecule has 1 aliphatic rings. The quantitative estimate of drug-likeness (QED) is 0.200. The number of piperidine rings is 1. The van der Waals surface area contributed by atoms with Crippen LogP contribution in [0.4, 0.5) is 0 Å². The van der Waals surface area contributed by atoms with Crippen molar-refractivity contribution in [2.75, 3.05) is 46.5 Å². The van der Waals surface area contributed by atoms with Gasteiger partial charge in [0.1, 0.15) is 0 Å². The maximum absolute atomic E-state index is 11.8. The fraction of sp³-hybridized carbons (Fsp3) is 0.882. The van der Waals surface area contributed by atoms with Gasteiger partial charge in [0.2, 0.25) is 0 Å². The Balaban J connectivity index is 0.00000529. The van der Waals surface area contributed by atoms with Crippen molar-refractivity contribution in [2.24, 2.45) is 16.8 Å². The van der Waals surface area contributed by atoms with Crippen LogP contribution in [0.2, 0.25) is 0 Å². The van der Waals surface area contributed by atoms with E-state index in [-0.39, 0.29) is 35.9 Å². The first-order valence-electron chi connectivity index (χ1n) is 8.78. The fourth-order valence-electron chi connectivity index (χ4n) is 2.58. The molecular weight excluding hydrogens is 421 g/mol. The van der Waals surface area contributed by atoms with Crippen LogP contribution in [0.25, 0.3) is 0 Å². The lowest BCUT2D eigenvalue weighted by molar-refractivity contribution is -0.149. The highest BCUT2D eigenvalue weighted by atomic mass is 127. The van der Waals surface area contributed by atoms with Gasteiger partial charge in [0.05, 0.1) is 19.1 Å². The predicted octanol–water partition coefficient (Wildman–Crippen LogP) is 2.52. The Morgan fingerprint density at radius 3 is 2.50 bits per heavy atom. The van der Waals surface area contributed by atoms with E-state index in [1.165, 1.54) is 0 Å². The molecule has 1 N–H and O–H groups in total. The minimum Gasteiger partial charge on any atom is -0.466 e. The van der Waals surface area contributed by atoms with Gasteiger partial charge in [0, 0.05) is 33.3 Å². The Bertz CT molecular complexity index is 370. The molecule has 1 rings (SSSR count). The number of nitrogens with one attached hydrogen (secondary N) is 1. The SMILES string of the molecule is CCOC(=O)C1CCN(C(=NC)NCCOCCC(C)C)CC1.I. The molecule has 1 heterocycles. The van der Waals surface area contributed by atoms with Gasteiger partial charge >= 0.3 is 5.97 Å². The smallest absolute Gasteiger partial charge is 0.309 e. The number of nitrogens with zero attached hydrogens (tertiary/aromatic N) is 2. The summed E-state index contributed by atoms with van der Waals surface area (Å²) >= 11 is 0. The molecule has 0 unspecified atom stereocenters. The molecule has 6 nitrogen and oxygen atoms in total. The molecule has 0 amide bonds. The first-order chi connectivity index (χ1) is 11.1. The number of likely N-dealkylation sites (tertiary alicyclic amines) is 1. The van der Waals surface area contributed by atoms with Gasteiger partial charge in [-0.2, -0.15) is 0 Å². The largest absolute Gasteiger partial charge is 0.466 e. The van der Waals surface area contributed by atoms with E-state index in [4.69, 9.17) is 9.47 Å². The molecule has 0 spiro atoms. The summed E-state index contributed by atoms with van der Waals surface area (Å²) in [5.74, 6) is 1.54. The van der Waals surface area contributed by atoms with Gasteiger partial charge in [-0.05, 0) is 32.1 Å². The second-order valence-electron chi connectivity index (χ2n) is 6.28. The molecule has 1 fully saturated rings. The molecule has 0 saturated carbocycles. The van der Waals surface area contributed by atoms with E-state index in [9.17, 15) is 4.79 Å². The van der Waals surface area contributed by atoms with Crippen LogP contribution >= 0.6 is 24.0 Å². The van der Waals surface area contributed by atoms with Crippen molar-refractivity contribution >= 4 is 35.9 Å². The molecule has 0 radical (unpaired) electrons. The van der Waals surface area contributed by atoms with Gasteiger partial charge in [-0.3, -0.25) is 9.79 Å². The number of carbonyl (C=O) groups is 1. The first-order valence-corrected chi connectivity index (χ1v) is 8.78. The first kappa shape index (κ1) is 23.4. The minimum atomic E-state index is -0.0614. The van der Waals surface area contributed by atoms with Crippen LogP contribution in [0.3, 0.4) is 0 Å². The Morgan fingerprint density at radius 1 is 1.29 bits per heavy atom. The van der Waals surface area contributed by atoms with Gasteiger partial charge in [0.25, 0.3) is 0 Å². The summed E-state index contributed by atoms with van der Waals surface area (Å²) in [6.45, 7) is 10.6. The molecule has 142 valence electrons. The standard InChI is InChI=1S/C17H33N3O3.HI/c1-5-23-16(21)15-6-10-20(11-7-15)17(18-4)19-9-13-22-12-8-14(2)3;/h14-15H,5-13H2,1-4H3,(H,18,19);1H. The molecule has 24 heavy (non-hydrogen) atoms. The van der Waals surface area contributed by atoms with Crippen molar-refractivity contribution < 1.29 is 14.3 Å². The number of halogens is 1. The molecule has 0 aromatic carbocycles. The number of rotatable bonds is 8. The van der Waals surface area contributed by atoms with Crippen LogP contribution in [0.1, 0.15) is 40.0 Å². The average molecular weight is 455 g/mol. The second-order valence-corrected chi connectivity index (χ2v) is 6.28. The van der Waals surface area contributed by atoms with Crippen molar-refractivity contribution in [3.05, 3.63) is 0 Å². The number of aliphatic imine (C=N–C) groups is 1. The number of guanidine groups is 1. The molecule has 0 aromatic rings. The highest BCUT2D eigenvalue weighted by Gasteiger charge is 2.27. The Morgan fingerprint density at radius 2 is 1.96 bits per heavy atom. The summed E-state index contributed by atoms with van der Waals surface area (Å²) in [7, 11) is 1.79. The van der Waals surface area contributed by atoms with E-state index in [0.717, 1.165) is 51.5 Å². The maximum atomic E-state index is 11.8. The summed E-state index contributed by atoms with van der Waals surface area (Å²) in [6.07, 6.45) is 2.74. The topological polar surface area (TPSA) is 63.2 Å². The second kappa shape index (κ2) is 13.7. The highest BCUT2D eigenvalue weighted by Crippen LogP contribution is 2.18. The number of hydrogen-bond acceptors (Lipinski definition) is 4. The van der Waals surface area contributed by atoms with Crippen molar-refractivity contribution in [3.8, 4) is 0 Å². The van der Waals surface area contributed by atoms with Gasteiger partial charge in [-0.15, -0.1) is 24.0 Å². The lowest BCUT2D eigenvalue weighted by Gasteiger charge is -2.33. The zero-order valence-corrected chi connectivity index (χ0v) is 17.9. The zero-order valence-electron chi connectivity index (χ0n) is 15.5. The van der Waals surface area contributed by atoms with Crippen LogP contribution in [0, 0.1) is 11.8 Å². The van der Waals surface area contributed by atoms with Gasteiger partial charge in [-0.1, -0.05) is 13.8 Å². The third kappa shape index (κ3) is 9.05. The van der Waals surface area contributed by atoms with E-state index >= 15 is 0 Å². The Kier molecular flexibility index (Phi) is 13.4. The lowest BCUT2D eigenvalue weighted by atomic mass is 9.97. The van der Waals surface area contributed by atoms with Crippen LogP contribution in [0.15, 0.2) is 4.99 Å². The normalized spacial score (nSPS) is 16.0. The number of carbonyl (C=O) groups excluding carboxylic acids is 1. The van der Waals surface area contributed by atoms with E-state index < -0.39 is 0 Å². The van der Waals surface area contributed by atoms with E-state index in [1.807, 2.05) is 6.92 Å². The summed E-state index contributed by atoms with van der Waals surface area (Å²) in [6, 6.07) is 0. The van der Waals surface area contributed by atoms with Crippen molar-refractivity contribution in [1.82, 2.24) is 10.2 Å². The van der Waals surface area contributed by atoms with Gasteiger partial charge < -0.3 is 19.7 Å². The summed E-state index contributed by atoms with van der Waals surface area (Å²) in [5.41, 5.74) is 0. The minimum absolute atomic E-state index is 0. The van der Waals surface area contributed by atoms with Crippen LogP contribution < -0.4 is 5.32 Å². The molecule has 0 bridgehead atoms. The van der Waals surface area contributed by atoms with Crippen molar-refractivity contribution in [2.45, 2.75) is 40.0 Å². The molecule has 1 saturated heterocycles. The third-order valence-corrected chi connectivity index (χ3v) is 4.00. The Labute approximate surface area is 163 Å². The van der Waals surface area contributed by atoms with Crippen molar-refractivity contribution in [3.63, 3.8) is 0 Å². The average Bonchev–Trinajstić information content (AvgIpc) is 2.54. The lowest BCUT2D eigenvalue weighted by Crippen LogP contribution is -2.47. The zero-order chi connectivity index (χ0) is 17.1. The van der Waals surface area contributed by atoms with Gasteiger partial charge in [-0.25, -0.2) is 0 Å². The molecule has 0 aliphatic carbocycles. The summed E-state index contributed by atoms with van der Waals surface area (Å²) in [4.78, 5) is 18.3. The molecule has 0 atom stereocenters. The molecule has 1 aliphatic heterocycles. The van der Waals surface area contributed by atoms with E-state index in [2.05, 4.69) is 29.1 Å². The van der Waals surface area contributed by atoms with Crippen LogP contribution in [0.5, 0.6) is 0 Å². The monoisotopic (exact) mass is 455 g/mol. The number of ether oxygens (including phenoxy) is 2. The maximum Gasteiger partial charge on any atom is 0.309 e. The fourth-order valence-corrected chi connectivity index (χ4v) is 2.58. The molecule has 0 aromatic heterocycles. The predicted molar refractivity (Wildman–Crippen MR) is 108 cm³/mol. The third-order valence-electron chi connectivity index (χ3n) is 4.00. The number of esters is 1.